The Morgan fingerprint density at radius 3 is 2.67 bits per heavy atom. The molecule has 0 unspecified atom stereocenters. The van der Waals surface area contributed by atoms with Crippen molar-refractivity contribution in [1.29, 1.82) is 0 Å². The van der Waals surface area contributed by atoms with Crippen molar-refractivity contribution in [2.75, 3.05) is 0 Å². The molecule has 0 aliphatic carbocycles. The second-order valence-electron chi connectivity index (χ2n) is 6.38. The predicted octanol–water partition coefficient (Wildman–Crippen LogP) is 4.56. The Morgan fingerprint density at radius 2 is 1.96 bits per heavy atom. The summed E-state index contributed by atoms with van der Waals surface area (Å²) in [6, 6.07) is 15.0. The highest BCUT2D eigenvalue weighted by Gasteiger charge is 2.18. The van der Waals surface area contributed by atoms with E-state index < -0.39 is 0 Å². The Morgan fingerprint density at radius 1 is 1.22 bits per heavy atom. The molecule has 1 heterocycles. The van der Waals surface area contributed by atoms with Gasteiger partial charge in [-0.05, 0) is 43.7 Å². The normalized spacial score (nSPS) is 12.0. The van der Waals surface area contributed by atoms with Crippen molar-refractivity contribution in [3.05, 3.63) is 76.1 Å². The number of nitrogens with zero attached hydrogens (tertiary/aromatic N) is 3. The van der Waals surface area contributed by atoms with E-state index in [1.165, 1.54) is 0 Å². The third kappa shape index (κ3) is 4.90. The molecule has 1 atom stereocenters. The number of hydrogen-bond donors (Lipinski definition) is 1. The van der Waals surface area contributed by atoms with Crippen LogP contribution in [0.1, 0.15) is 40.3 Å². The minimum Gasteiger partial charge on any atom is -0.342 e. The molecule has 3 aromatic rings. The van der Waals surface area contributed by atoms with Crippen molar-refractivity contribution < 1.29 is 4.79 Å². The molecule has 3 rings (SSSR count). The highest BCUT2D eigenvalue weighted by molar-refractivity contribution is 7.98. The molecule has 0 saturated carbocycles. The van der Waals surface area contributed by atoms with Crippen molar-refractivity contribution in [2.24, 2.45) is 7.05 Å². The highest BCUT2D eigenvalue weighted by atomic mass is 35.5. The zero-order chi connectivity index (χ0) is 19.4. The summed E-state index contributed by atoms with van der Waals surface area (Å²) in [4.78, 5) is 12.5. The molecule has 0 spiro atoms. The summed E-state index contributed by atoms with van der Waals surface area (Å²) in [7, 11) is 1.91. The van der Waals surface area contributed by atoms with E-state index in [1.807, 2.05) is 67.9 Å². The van der Waals surface area contributed by atoms with Crippen molar-refractivity contribution in [3.8, 4) is 0 Å². The molecule has 0 fully saturated rings. The Hall–Kier alpha value is -2.31. The van der Waals surface area contributed by atoms with E-state index in [-0.39, 0.29) is 11.9 Å². The van der Waals surface area contributed by atoms with E-state index in [1.54, 1.807) is 17.8 Å². The Kier molecular flexibility index (Phi) is 6.19. The van der Waals surface area contributed by atoms with Gasteiger partial charge < -0.3 is 9.88 Å². The van der Waals surface area contributed by atoms with E-state index in [2.05, 4.69) is 15.5 Å². The minimum absolute atomic E-state index is 0.121. The maximum absolute atomic E-state index is 12.5. The summed E-state index contributed by atoms with van der Waals surface area (Å²) in [6.45, 7) is 3.87. The number of hydrogen-bond acceptors (Lipinski definition) is 4. The molecule has 27 heavy (non-hydrogen) atoms. The van der Waals surface area contributed by atoms with Gasteiger partial charge >= 0.3 is 0 Å². The maximum atomic E-state index is 12.5. The first kappa shape index (κ1) is 19.5. The van der Waals surface area contributed by atoms with Crippen LogP contribution in [0.4, 0.5) is 0 Å². The molecule has 0 bridgehead atoms. The number of nitrogens with one attached hydrogen (secondary N) is 1. The van der Waals surface area contributed by atoms with Gasteiger partial charge in [0.2, 0.25) is 0 Å². The zero-order valence-electron chi connectivity index (χ0n) is 15.4. The average Bonchev–Trinajstić information content (AvgIpc) is 3.02. The largest absolute Gasteiger partial charge is 0.342 e. The van der Waals surface area contributed by atoms with Crippen molar-refractivity contribution in [3.63, 3.8) is 0 Å². The lowest BCUT2D eigenvalue weighted by Crippen LogP contribution is -2.28. The first-order valence-electron chi connectivity index (χ1n) is 8.58. The number of carbonyl (C=O) groups is 1. The van der Waals surface area contributed by atoms with Crippen LogP contribution in [0.25, 0.3) is 0 Å². The molecule has 0 saturated heterocycles. The number of halogens is 1. The number of benzene rings is 2. The lowest BCUT2D eigenvalue weighted by atomic mass is 10.1. The molecule has 1 aromatic heterocycles. The zero-order valence-corrected chi connectivity index (χ0v) is 17.0. The molecule has 7 heteroatoms. The summed E-state index contributed by atoms with van der Waals surface area (Å²) >= 11 is 7.51. The second kappa shape index (κ2) is 8.59. The van der Waals surface area contributed by atoms with Gasteiger partial charge in [-0.1, -0.05) is 53.2 Å². The third-order valence-corrected chi connectivity index (χ3v) is 5.51. The van der Waals surface area contributed by atoms with Crippen molar-refractivity contribution >= 4 is 29.3 Å². The lowest BCUT2D eigenvalue weighted by Gasteiger charge is -2.14. The van der Waals surface area contributed by atoms with E-state index in [0.29, 0.717) is 5.56 Å². The molecule has 1 N–H and O–H groups in total. The monoisotopic (exact) mass is 400 g/mol. The first-order chi connectivity index (χ1) is 12.9. The standard InChI is InChI=1S/C20H21ClN4OS/c1-13-5-4-6-16(11-13)19(26)22-14(2)18-23-24-20(25(18)3)27-12-15-7-9-17(21)10-8-15/h4-11,14H,12H2,1-3H3,(H,22,26)/t14-/m0/s1. The minimum atomic E-state index is -0.250. The van der Waals surface area contributed by atoms with Crippen LogP contribution in [0.2, 0.25) is 5.02 Å². The summed E-state index contributed by atoms with van der Waals surface area (Å²) in [5.74, 6) is 1.37. The predicted molar refractivity (Wildman–Crippen MR) is 109 cm³/mol. The lowest BCUT2D eigenvalue weighted by molar-refractivity contribution is 0.0937. The molecular weight excluding hydrogens is 380 g/mol. The van der Waals surface area contributed by atoms with Gasteiger partial charge in [-0.15, -0.1) is 10.2 Å². The Bertz CT molecular complexity index is 939. The van der Waals surface area contributed by atoms with Gasteiger partial charge in [0.1, 0.15) is 0 Å². The van der Waals surface area contributed by atoms with Crippen LogP contribution in [-0.2, 0) is 12.8 Å². The molecule has 0 aliphatic rings. The van der Waals surface area contributed by atoms with E-state index >= 15 is 0 Å². The number of aryl methyl sites for hydroxylation is 1. The SMILES string of the molecule is Cc1cccc(C(=O)N[C@@H](C)c2nnc(SCc3ccc(Cl)cc3)n2C)c1. The Balaban J connectivity index is 1.65. The fourth-order valence-electron chi connectivity index (χ4n) is 2.69. The fourth-order valence-corrected chi connectivity index (χ4v) is 3.69. The summed E-state index contributed by atoms with van der Waals surface area (Å²) in [5, 5.41) is 13.0. The number of amides is 1. The van der Waals surface area contributed by atoms with Gasteiger partial charge in [0.25, 0.3) is 5.91 Å². The van der Waals surface area contributed by atoms with Crippen molar-refractivity contribution in [2.45, 2.75) is 30.8 Å². The second-order valence-corrected chi connectivity index (χ2v) is 7.76. The smallest absolute Gasteiger partial charge is 0.251 e. The van der Waals surface area contributed by atoms with Crippen LogP contribution in [0.15, 0.2) is 53.7 Å². The van der Waals surface area contributed by atoms with Crippen LogP contribution in [0.3, 0.4) is 0 Å². The molecule has 2 aromatic carbocycles. The van der Waals surface area contributed by atoms with Crippen LogP contribution in [-0.4, -0.2) is 20.7 Å². The first-order valence-corrected chi connectivity index (χ1v) is 9.94. The topological polar surface area (TPSA) is 59.8 Å². The average molecular weight is 401 g/mol. The number of rotatable bonds is 6. The third-order valence-electron chi connectivity index (χ3n) is 4.16. The maximum Gasteiger partial charge on any atom is 0.251 e. The van der Waals surface area contributed by atoms with Crippen LogP contribution in [0, 0.1) is 6.92 Å². The summed E-state index contributed by atoms with van der Waals surface area (Å²) < 4.78 is 1.92. The van der Waals surface area contributed by atoms with Crippen LogP contribution >= 0.6 is 23.4 Å². The van der Waals surface area contributed by atoms with Gasteiger partial charge in [-0.2, -0.15) is 0 Å². The number of carbonyl (C=O) groups excluding carboxylic acids is 1. The van der Waals surface area contributed by atoms with Gasteiger partial charge in [0, 0.05) is 23.4 Å². The number of thioether (sulfide) groups is 1. The van der Waals surface area contributed by atoms with E-state index in [4.69, 9.17) is 11.6 Å². The molecule has 0 radical (unpaired) electrons. The molecule has 140 valence electrons. The van der Waals surface area contributed by atoms with Crippen LogP contribution in [0.5, 0.6) is 0 Å². The highest BCUT2D eigenvalue weighted by Crippen LogP contribution is 2.24. The van der Waals surface area contributed by atoms with Gasteiger partial charge in [0.05, 0.1) is 6.04 Å². The molecule has 1 amide bonds. The van der Waals surface area contributed by atoms with Crippen molar-refractivity contribution in [1.82, 2.24) is 20.1 Å². The van der Waals surface area contributed by atoms with Crippen LogP contribution < -0.4 is 5.32 Å². The van der Waals surface area contributed by atoms with E-state index in [0.717, 1.165) is 32.9 Å². The number of aromatic nitrogens is 3. The van der Waals surface area contributed by atoms with E-state index in [9.17, 15) is 4.79 Å². The van der Waals surface area contributed by atoms with Gasteiger partial charge in [-0.3, -0.25) is 4.79 Å². The molecular formula is C20H21ClN4OS. The summed E-state index contributed by atoms with van der Waals surface area (Å²) in [6.07, 6.45) is 0. The molecule has 0 aliphatic heterocycles. The van der Waals surface area contributed by atoms with Gasteiger partial charge in [-0.25, -0.2) is 0 Å². The van der Waals surface area contributed by atoms with Gasteiger partial charge in [0.15, 0.2) is 11.0 Å². The fraction of sp³-hybridized carbons (Fsp3) is 0.250. The molecule has 5 nitrogen and oxygen atoms in total. The summed E-state index contributed by atoms with van der Waals surface area (Å²) in [5.41, 5.74) is 2.85. The quantitative estimate of drug-likeness (QED) is 0.616. The Labute approximate surface area is 168 Å².